The number of carbonyl (C=O) groups excluding carboxylic acids is 1. The van der Waals surface area contributed by atoms with Crippen molar-refractivity contribution in [3.05, 3.63) is 51.7 Å². The third-order valence-corrected chi connectivity index (χ3v) is 4.21. The lowest BCUT2D eigenvalue weighted by atomic mass is 10.1. The van der Waals surface area contributed by atoms with E-state index in [0.29, 0.717) is 12.1 Å². The highest BCUT2D eigenvalue weighted by molar-refractivity contribution is 7.09. The molecule has 23 heavy (non-hydrogen) atoms. The van der Waals surface area contributed by atoms with E-state index in [1.54, 1.807) is 23.3 Å². The Labute approximate surface area is 139 Å². The van der Waals surface area contributed by atoms with Crippen molar-refractivity contribution in [3.63, 3.8) is 0 Å². The van der Waals surface area contributed by atoms with Crippen molar-refractivity contribution < 1.29 is 14.3 Å². The Balaban J connectivity index is 2.12. The molecule has 0 radical (unpaired) electrons. The van der Waals surface area contributed by atoms with Crippen LogP contribution in [-0.2, 0) is 6.42 Å². The molecule has 4 nitrogen and oxygen atoms in total. The molecule has 0 bridgehead atoms. The predicted molar refractivity (Wildman–Crippen MR) is 89.2 cm³/mol. The van der Waals surface area contributed by atoms with E-state index in [0.717, 1.165) is 10.6 Å². The highest BCUT2D eigenvalue weighted by atomic mass is 32.1. The first-order valence-electron chi connectivity index (χ1n) is 7.54. The molecular weight excluding hydrogens is 315 g/mol. The van der Waals surface area contributed by atoms with E-state index < -0.39 is 6.10 Å². The summed E-state index contributed by atoms with van der Waals surface area (Å²) in [5.41, 5.74) is 1.19. The Morgan fingerprint density at radius 3 is 2.74 bits per heavy atom. The average molecular weight is 336 g/mol. The van der Waals surface area contributed by atoms with Gasteiger partial charge in [-0.2, -0.15) is 0 Å². The van der Waals surface area contributed by atoms with Gasteiger partial charge in [0, 0.05) is 24.4 Å². The quantitative estimate of drug-likeness (QED) is 0.882. The first-order chi connectivity index (χ1) is 10.9. The number of aliphatic hydroxyl groups is 1. The highest BCUT2D eigenvalue weighted by Crippen LogP contribution is 2.17. The Morgan fingerprint density at radius 2 is 2.13 bits per heavy atom. The fraction of sp³-hybridized carbons (Fsp3) is 0.412. The zero-order valence-corrected chi connectivity index (χ0v) is 14.3. The van der Waals surface area contributed by atoms with Crippen LogP contribution in [0.3, 0.4) is 0 Å². The zero-order chi connectivity index (χ0) is 17.0. The summed E-state index contributed by atoms with van der Waals surface area (Å²) < 4.78 is 13.2. The van der Waals surface area contributed by atoms with Crippen LogP contribution in [0.5, 0.6) is 0 Å². The van der Waals surface area contributed by atoms with Crippen LogP contribution in [0.2, 0.25) is 0 Å². The molecule has 6 heteroatoms. The minimum atomic E-state index is -0.591. The summed E-state index contributed by atoms with van der Waals surface area (Å²) in [4.78, 5) is 18.5. The molecule has 0 saturated heterocycles. The molecule has 0 aliphatic rings. The van der Waals surface area contributed by atoms with Gasteiger partial charge in [0.15, 0.2) is 0 Å². The maximum absolute atomic E-state index is 13.2. The number of amides is 1. The van der Waals surface area contributed by atoms with Gasteiger partial charge in [0.25, 0.3) is 5.91 Å². The van der Waals surface area contributed by atoms with E-state index >= 15 is 0 Å². The number of aliphatic hydroxyl groups excluding tert-OH is 1. The largest absolute Gasteiger partial charge is 0.392 e. The molecule has 1 amide bonds. The highest BCUT2D eigenvalue weighted by Gasteiger charge is 2.22. The summed E-state index contributed by atoms with van der Waals surface area (Å²) in [6, 6.07) is 6.34. The van der Waals surface area contributed by atoms with E-state index in [4.69, 9.17) is 0 Å². The van der Waals surface area contributed by atoms with E-state index in [1.165, 1.54) is 23.5 Å². The molecule has 124 valence electrons. The molecule has 1 N–H and O–H groups in total. The van der Waals surface area contributed by atoms with E-state index in [9.17, 15) is 14.3 Å². The van der Waals surface area contributed by atoms with Gasteiger partial charge in [-0.05, 0) is 38.5 Å². The summed E-state index contributed by atoms with van der Waals surface area (Å²) in [5, 5.41) is 12.0. The van der Waals surface area contributed by atoms with Crippen molar-refractivity contribution >= 4 is 17.2 Å². The number of nitrogens with zero attached hydrogens (tertiary/aromatic N) is 2. The number of hydrogen-bond donors (Lipinski definition) is 1. The second kappa shape index (κ2) is 7.66. The third kappa shape index (κ3) is 4.84. The molecule has 2 rings (SSSR count). The van der Waals surface area contributed by atoms with Crippen molar-refractivity contribution in [3.8, 4) is 0 Å². The minimum absolute atomic E-state index is 0.0227. The summed E-state index contributed by atoms with van der Waals surface area (Å²) in [6.45, 7) is 5.73. The van der Waals surface area contributed by atoms with Crippen molar-refractivity contribution in [1.29, 1.82) is 0 Å². The van der Waals surface area contributed by atoms with Crippen LogP contribution in [0.15, 0.2) is 29.6 Å². The van der Waals surface area contributed by atoms with Gasteiger partial charge in [0.2, 0.25) is 0 Å². The number of halogens is 1. The first kappa shape index (κ1) is 17.6. The number of hydrogen-bond acceptors (Lipinski definition) is 4. The molecule has 0 spiro atoms. The van der Waals surface area contributed by atoms with Gasteiger partial charge in [-0.15, -0.1) is 11.3 Å². The Kier molecular flexibility index (Phi) is 5.85. The lowest BCUT2D eigenvalue weighted by Crippen LogP contribution is -2.41. The molecule has 0 fully saturated rings. The zero-order valence-electron chi connectivity index (χ0n) is 13.5. The van der Waals surface area contributed by atoms with Crippen LogP contribution in [-0.4, -0.2) is 39.6 Å². The molecule has 0 saturated carbocycles. The maximum atomic E-state index is 13.2. The Hall–Kier alpha value is -1.79. The molecule has 1 unspecified atom stereocenters. The van der Waals surface area contributed by atoms with Crippen molar-refractivity contribution in [2.75, 3.05) is 6.54 Å². The van der Waals surface area contributed by atoms with Gasteiger partial charge in [-0.1, -0.05) is 12.1 Å². The molecule has 1 aromatic carbocycles. The smallest absolute Gasteiger partial charge is 0.273 e. The second-order valence-corrected chi connectivity index (χ2v) is 6.78. The van der Waals surface area contributed by atoms with Crippen molar-refractivity contribution in [1.82, 2.24) is 9.88 Å². The van der Waals surface area contributed by atoms with Crippen LogP contribution in [0.25, 0.3) is 0 Å². The second-order valence-electron chi connectivity index (χ2n) is 5.83. The minimum Gasteiger partial charge on any atom is -0.392 e. The molecule has 1 aromatic heterocycles. The maximum Gasteiger partial charge on any atom is 0.273 e. The summed E-state index contributed by atoms with van der Waals surface area (Å²) in [5.74, 6) is -0.471. The van der Waals surface area contributed by atoms with E-state index in [2.05, 4.69) is 4.98 Å². The predicted octanol–water partition coefficient (Wildman–Crippen LogP) is 3.10. The van der Waals surface area contributed by atoms with Gasteiger partial charge in [0.1, 0.15) is 11.5 Å². The summed E-state index contributed by atoms with van der Waals surface area (Å²) in [7, 11) is 0. The molecule has 2 aromatic rings. The van der Waals surface area contributed by atoms with Gasteiger partial charge in [0.05, 0.1) is 11.1 Å². The monoisotopic (exact) mass is 336 g/mol. The fourth-order valence-electron chi connectivity index (χ4n) is 2.27. The van der Waals surface area contributed by atoms with Crippen LogP contribution in [0, 0.1) is 5.82 Å². The van der Waals surface area contributed by atoms with E-state index in [1.807, 2.05) is 19.9 Å². The number of benzene rings is 1. The van der Waals surface area contributed by atoms with Crippen molar-refractivity contribution in [2.24, 2.45) is 0 Å². The van der Waals surface area contributed by atoms with E-state index in [-0.39, 0.29) is 24.3 Å². The van der Waals surface area contributed by atoms with Crippen LogP contribution in [0.1, 0.15) is 41.8 Å². The first-order valence-corrected chi connectivity index (χ1v) is 8.42. The molecule has 1 atom stereocenters. The van der Waals surface area contributed by atoms with Gasteiger partial charge < -0.3 is 10.0 Å². The van der Waals surface area contributed by atoms with Gasteiger partial charge in [-0.3, -0.25) is 4.79 Å². The number of carbonyl (C=O) groups is 1. The normalized spacial score (nSPS) is 12.4. The Morgan fingerprint density at radius 1 is 1.39 bits per heavy atom. The molecular formula is C17H21FN2O2S. The summed E-state index contributed by atoms with van der Waals surface area (Å²) in [6.07, 6.45) is -0.0971. The third-order valence-electron chi connectivity index (χ3n) is 3.36. The average Bonchev–Trinajstić information content (AvgIpc) is 2.92. The molecule has 0 aliphatic heterocycles. The fourth-order valence-corrected chi connectivity index (χ4v) is 3.07. The van der Waals surface area contributed by atoms with Gasteiger partial charge in [-0.25, -0.2) is 9.37 Å². The molecule has 1 heterocycles. The lowest BCUT2D eigenvalue weighted by Gasteiger charge is -2.27. The summed E-state index contributed by atoms with van der Waals surface area (Å²) >= 11 is 1.38. The SMILES string of the molecule is CC(O)CN(C(=O)c1csc(Cc2cccc(F)c2)n1)C(C)C. The number of rotatable bonds is 6. The van der Waals surface area contributed by atoms with Crippen LogP contribution >= 0.6 is 11.3 Å². The number of thiazole rings is 1. The lowest BCUT2D eigenvalue weighted by molar-refractivity contribution is 0.0574. The van der Waals surface area contributed by atoms with Crippen molar-refractivity contribution in [2.45, 2.75) is 39.3 Å². The number of aromatic nitrogens is 1. The van der Waals surface area contributed by atoms with Crippen LogP contribution < -0.4 is 0 Å². The topological polar surface area (TPSA) is 53.4 Å². The Bertz CT molecular complexity index is 670. The molecule has 0 aliphatic carbocycles. The van der Waals surface area contributed by atoms with Crippen LogP contribution in [0.4, 0.5) is 4.39 Å². The van der Waals surface area contributed by atoms with Gasteiger partial charge >= 0.3 is 0 Å². The standard InChI is InChI=1S/C17H21FN2O2S/c1-11(2)20(9-12(3)21)17(22)15-10-23-16(19-15)8-13-5-4-6-14(18)7-13/h4-7,10-12,21H,8-9H2,1-3H3.